The molecule has 1 nitrogen and oxygen atoms in total. The first kappa shape index (κ1) is 13.5. The van der Waals surface area contributed by atoms with E-state index in [4.69, 9.17) is 0 Å². The van der Waals surface area contributed by atoms with Gasteiger partial charge >= 0.3 is 0 Å². The Balaban J connectivity index is 0.000000223. The van der Waals surface area contributed by atoms with Gasteiger partial charge in [0.25, 0.3) is 14.1 Å². The first-order valence-corrected chi connectivity index (χ1v) is 8.38. The Hall–Kier alpha value is 0.492. The van der Waals surface area contributed by atoms with Gasteiger partial charge in [0.1, 0.15) is 0 Å². The van der Waals surface area contributed by atoms with E-state index in [1.54, 1.807) is 0 Å². The standard InChI is InChI=1S/C5H11N.3C2H5.Al/c1-6-4-2-3-5-6;3*1-2;/h2-5H2,1H3;3*1H2,2H3;. The van der Waals surface area contributed by atoms with Gasteiger partial charge in [0.15, 0.2) is 0 Å². The third kappa shape index (κ3) is 7.55. The average Bonchev–Trinajstić information content (AvgIpc) is 2.60. The molecule has 0 unspecified atom stereocenters. The topological polar surface area (TPSA) is 3.24 Å². The van der Waals surface area contributed by atoms with Crippen LogP contribution in [-0.2, 0) is 0 Å². The van der Waals surface area contributed by atoms with Gasteiger partial charge in [-0.1, -0.05) is 36.6 Å². The van der Waals surface area contributed by atoms with Gasteiger partial charge in [-0.2, -0.15) is 0 Å². The van der Waals surface area contributed by atoms with Crippen molar-refractivity contribution in [3.8, 4) is 0 Å². The normalized spacial score (nSPS) is 16.6. The highest BCUT2D eigenvalue weighted by Crippen LogP contribution is 2.02. The van der Waals surface area contributed by atoms with Crippen LogP contribution in [0.15, 0.2) is 0 Å². The molecule has 0 N–H and O–H groups in total. The number of hydrogen-bond acceptors (Lipinski definition) is 1. The Bertz CT molecular complexity index is 90.8. The fraction of sp³-hybridized carbons (Fsp3) is 1.00. The Morgan fingerprint density at radius 3 is 1.38 bits per heavy atom. The van der Waals surface area contributed by atoms with Crippen LogP contribution in [0.1, 0.15) is 33.6 Å². The Morgan fingerprint density at radius 1 is 0.923 bits per heavy atom. The molecule has 0 aromatic heterocycles. The Labute approximate surface area is 88.9 Å². The van der Waals surface area contributed by atoms with Crippen LogP contribution < -0.4 is 0 Å². The van der Waals surface area contributed by atoms with Crippen molar-refractivity contribution in [3.63, 3.8) is 0 Å². The van der Waals surface area contributed by atoms with Gasteiger partial charge in [0.05, 0.1) is 0 Å². The van der Waals surface area contributed by atoms with Crippen LogP contribution in [0.25, 0.3) is 0 Å². The fourth-order valence-electron chi connectivity index (χ4n) is 1.74. The summed E-state index contributed by atoms with van der Waals surface area (Å²) in [6.45, 7) is 9.61. The molecule has 0 atom stereocenters. The zero-order valence-electron chi connectivity index (χ0n) is 9.97. The summed E-state index contributed by atoms with van der Waals surface area (Å²) >= 11 is -0.171. The zero-order chi connectivity index (χ0) is 10.1. The lowest BCUT2D eigenvalue weighted by Crippen LogP contribution is -2.10. The predicted octanol–water partition coefficient (Wildman–Crippen LogP) is 3.25. The molecule has 1 heterocycles. The van der Waals surface area contributed by atoms with E-state index in [-0.39, 0.29) is 14.1 Å². The summed E-state index contributed by atoms with van der Waals surface area (Å²) in [5.74, 6) is 0. The summed E-state index contributed by atoms with van der Waals surface area (Å²) in [5, 5.41) is 4.48. The van der Waals surface area contributed by atoms with Crippen LogP contribution in [-0.4, -0.2) is 39.2 Å². The van der Waals surface area contributed by atoms with Crippen LogP contribution in [0.3, 0.4) is 0 Å². The average molecular weight is 199 g/mol. The second kappa shape index (κ2) is 9.06. The minimum absolute atomic E-state index is 0.171. The lowest BCUT2D eigenvalue weighted by Gasteiger charge is -2.01. The van der Waals surface area contributed by atoms with Crippen LogP contribution in [0.2, 0.25) is 15.8 Å². The largest absolute Gasteiger partial charge is 0.306 e. The molecule has 78 valence electrons. The molecule has 0 spiro atoms. The molecule has 1 rings (SSSR count). The number of nitrogens with zero attached hydrogens (tertiary/aromatic N) is 1. The summed E-state index contributed by atoms with van der Waals surface area (Å²) in [6.07, 6.45) is 2.83. The molecule has 1 fully saturated rings. The third-order valence-electron chi connectivity index (χ3n) is 3.06. The lowest BCUT2D eigenvalue weighted by atomic mass is 10.4. The lowest BCUT2D eigenvalue weighted by molar-refractivity contribution is 0.418. The molecule has 0 aromatic rings. The SMILES string of the molecule is CN1CCCC1.C[CH2][Al]([CH2]C)[CH2]C. The van der Waals surface area contributed by atoms with E-state index < -0.39 is 0 Å². The van der Waals surface area contributed by atoms with Gasteiger partial charge in [0.2, 0.25) is 0 Å². The molecule has 2 heteroatoms. The van der Waals surface area contributed by atoms with Crippen LogP contribution in [0, 0.1) is 0 Å². The molecule has 0 saturated carbocycles. The molecule has 0 bridgehead atoms. The van der Waals surface area contributed by atoms with Crippen molar-refractivity contribution in [1.29, 1.82) is 0 Å². The maximum absolute atomic E-state index is 2.36. The summed E-state index contributed by atoms with van der Waals surface area (Å²) in [7, 11) is 2.17. The third-order valence-corrected chi connectivity index (χ3v) is 6.53. The Kier molecular flexibility index (Phi) is 9.41. The number of hydrogen-bond donors (Lipinski definition) is 0. The van der Waals surface area contributed by atoms with Crippen molar-refractivity contribution in [1.82, 2.24) is 4.90 Å². The van der Waals surface area contributed by atoms with E-state index in [1.807, 2.05) is 0 Å². The smallest absolute Gasteiger partial charge is 0.261 e. The zero-order valence-corrected chi connectivity index (χ0v) is 11.1. The summed E-state index contributed by atoms with van der Waals surface area (Å²) in [4.78, 5) is 2.36. The molecule has 1 aliphatic heterocycles. The first-order valence-electron chi connectivity index (χ1n) is 5.93. The molecule has 1 aliphatic rings. The van der Waals surface area contributed by atoms with Crippen molar-refractivity contribution >= 4 is 14.1 Å². The van der Waals surface area contributed by atoms with Crippen LogP contribution >= 0.6 is 0 Å². The van der Waals surface area contributed by atoms with Crippen molar-refractivity contribution < 1.29 is 0 Å². The monoisotopic (exact) mass is 199 g/mol. The fourth-order valence-corrected chi connectivity index (χ4v) is 3.47. The maximum Gasteiger partial charge on any atom is 0.261 e. The minimum atomic E-state index is -0.171. The summed E-state index contributed by atoms with van der Waals surface area (Å²) in [6, 6.07) is 0. The molecule has 1 saturated heterocycles. The molecule has 0 aliphatic carbocycles. The predicted molar refractivity (Wildman–Crippen MR) is 63.9 cm³/mol. The molecule has 0 aromatic carbocycles. The maximum atomic E-state index is 2.36. The van der Waals surface area contributed by atoms with E-state index >= 15 is 0 Å². The van der Waals surface area contributed by atoms with E-state index in [1.165, 1.54) is 41.8 Å². The van der Waals surface area contributed by atoms with Crippen molar-refractivity contribution in [2.75, 3.05) is 20.1 Å². The highest BCUT2D eigenvalue weighted by molar-refractivity contribution is 6.58. The van der Waals surface area contributed by atoms with Crippen molar-refractivity contribution in [3.05, 3.63) is 0 Å². The van der Waals surface area contributed by atoms with Gasteiger partial charge in [0, 0.05) is 0 Å². The van der Waals surface area contributed by atoms with Crippen LogP contribution in [0.5, 0.6) is 0 Å². The van der Waals surface area contributed by atoms with Gasteiger partial charge in [-0.3, -0.25) is 0 Å². The minimum Gasteiger partial charge on any atom is -0.306 e. The summed E-state index contributed by atoms with van der Waals surface area (Å²) < 4.78 is 0. The second-order valence-corrected chi connectivity index (χ2v) is 8.28. The quantitative estimate of drug-likeness (QED) is 0.631. The van der Waals surface area contributed by atoms with E-state index in [0.29, 0.717) is 0 Å². The number of rotatable bonds is 3. The van der Waals surface area contributed by atoms with Crippen molar-refractivity contribution in [2.24, 2.45) is 0 Å². The van der Waals surface area contributed by atoms with E-state index in [2.05, 4.69) is 32.7 Å². The van der Waals surface area contributed by atoms with E-state index in [9.17, 15) is 0 Å². The molecule has 0 radical (unpaired) electrons. The van der Waals surface area contributed by atoms with Gasteiger partial charge in [-0.05, 0) is 33.0 Å². The highest BCUT2D eigenvalue weighted by atomic mass is 27.2. The van der Waals surface area contributed by atoms with Crippen molar-refractivity contribution in [2.45, 2.75) is 49.5 Å². The highest BCUT2D eigenvalue weighted by Gasteiger charge is 2.05. The van der Waals surface area contributed by atoms with Gasteiger partial charge in [-0.15, -0.1) is 0 Å². The second-order valence-electron chi connectivity index (χ2n) is 4.10. The van der Waals surface area contributed by atoms with E-state index in [0.717, 1.165) is 0 Å². The summed E-state index contributed by atoms with van der Waals surface area (Å²) in [5.41, 5.74) is 0. The molecule has 13 heavy (non-hydrogen) atoms. The van der Waals surface area contributed by atoms with Crippen LogP contribution in [0.4, 0.5) is 0 Å². The molecular formula is C11H26AlN. The first-order chi connectivity index (χ1) is 6.24. The molecule has 0 amide bonds. The van der Waals surface area contributed by atoms with Gasteiger partial charge in [-0.25, -0.2) is 0 Å². The number of likely N-dealkylation sites (tertiary alicyclic amines) is 1. The van der Waals surface area contributed by atoms with Gasteiger partial charge < -0.3 is 4.90 Å². The molecular weight excluding hydrogens is 173 g/mol. The Morgan fingerprint density at radius 2 is 1.31 bits per heavy atom.